The number of ether oxygens (including phenoxy) is 1. The van der Waals surface area contributed by atoms with Gasteiger partial charge in [0.2, 0.25) is 0 Å². The Balaban J connectivity index is 1.35. The van der Waals surface area contributed by atoms with Gasteiger partial charge in [0.15, 0.2) is 0 Å². The quantitative estimate of drug-likeness (QED) is 0.203. The third kappa shape index (κ3) is 6.65. The number of carbonyl (C=O) groups is 1. The number of alkyl halides is 3. The fraction of sp³-hybridized carbons (Fsp3) is 0.421. The SMILES string of the molecule is COc1cc2c(C(=O)NC3(c4ccccc4)CC3)c(CN3CCC(N4CCCCC4)CC3)c(-c3cccc(C(F)(F)F)c3)nc2cc1Cl. The molecule has 0 bridgehead atoms. The van der Waals surface area contributed by atoms with Crippen LogP contribution in [-0.2, 0) is 18.3 Å². The Labute approximate surface area is 284 Å². The number of nitrogens with one attached hydrogen (secondary N) is 1. The van der Waals surface area contributed by atoms with Crippen molar-refractivity contribution in [1.29, 1.82) is 0 Å². The molecular weight excluding hydrogens is 637 g/mol. The number of likely N-dealkylation sites (tertiary alicyclic amines) is 2. The molecule has 0 atom stereocenters. The minimum Gasteiger partial charge on any atom is -0.495 e. The molecule has 1 aromatic heterocycles. The molecule has 3 aliphatic rings. The molecule has 2 saturated heterocycles. The van der Waals surface area contributed by atoms with Crippen LogP contribution in [0.5, 0.6) is 5.75 Å². The van der Waals surface area contributed by atoms with Crippen LogP contribution in [0.15, 0.2) is 66.7 Å². The van der Waals surface area contributed by atoms with E-state index in [0.29, 0.717) is 56.6 Å². The summed E-state index contributed by atoms with van der Waals surface area (Å²) in [7, 11) is 1.51. The van der Waals surface area contributed by atoms with Gasteiger partial charge in [-0.25, -0.2) is 4.98 Å². The summed E-state index contributed by atoms with van der Waals surface area (Å²) in [6.07, 6.45) is 2.81. The Morgan fingerprint density at radius 3 is 2.38 bits per heavy atom. The van der Waals surface area contributed by atoms with Crippen LogP contribution in [0.4, 0.5) is 13.2 Å². The van der Waals surface area contributed by atoms with E-state index in [9.17, 15) is 18.0 Å². The van der Waals surface area contributed by atoms with Crippen molar-refractivity contribution < 1.29 is 22.7 Å². The van der Waals surface area contributed by atoms with E-state index in [1.165, 1.54) is 32.4 Å². The van der Waals surface area contributed by atoms with Crippen molar-refractivity contribution in [2.45, 2.75) is 69.2 Å². The summed E-state index contributed by atoms with van der Waals surface area (Å²) in [5.41, 5.74) is 1.80. The minimum atomic E-state index is -4.53. The van der Waals surface area contributed by atoms with Crippen molar-refractivity contribution in [3.63, 3.8) is 0 Å². The monoisotopic (exact) mass is 676 g/mol. The summed E-state index contributed by atoms with van der Waals surface area (Å²) in [5, 5.41) is 4.19. The first-order valence-corrected chi connectivity index (χ1v) is 17.3. The van der Waals surface area contributed by atoms with Gasteiger partial charge in [-0.15, -0.1) is 0 Å². The fourth-order valence-electron chi connectivity index (χ4n) is 7.55. The van der Waals surface area contributed by atoms with E-state index in [-0.39, 0.29) is 5.91 Å². The molecule has 252 valence electrons. The van der Waals surface area contributed by atoms with Crippen LogP contribution in [0.2, 0.25) is 5.02 Å². The number of nitrogens with zero attached hydrogens (tertiary/aromatic N) is 3. The van der Waals surface area contributed by atoms with E-state index in [0.717, 1.165) is 69.6 Å². The molecular formula is C38H40ClF3N4O2. The number of piperidine rings is 2. The maximum atomic E-state index is 14.7. The molecule has 1 aliphatic carbocycles. The zero-order chi connectivity index (χ0) is 33.5. The number of carbonyl (C=O) groups excluding carboxylic acids is 1. The first-order chi connectivity index (χ1) is 23.1. The normalized spacial score (nSPS) is 18.9. The van der Waals surface area contributed by atoms with Crippen molar-refractivity contribution in [2.24, 2.45) is 0 Å². The van der Waals surface area contributed by atoms with Crippen molar-refractivity contribution in [3.8, 4) is 17.0 Å². The van der Waals surface area contributed by atoms with Gasteiger partial charge in [0.1, 0.15) is 5.75 Å². The third-order valence-corrected chi connectivity index (χ3v) is 10.6. The fourth-order valence-corrected chi connectivity index (χ4v) is 7.79. The minimum absolute atomic E-state index is 0.292. The lowest BCUT2D eigenvalue weighted by atomic mass is 9.93. The summed E-state index contributed by atoms with van der Waals surface area (Å²) in [6, 6.07) is 19.0. The maximum Gasteiger partial charge on any atom is 0.416 e. The number of pyridine rings is 1. The van der Waals surface area contributed by atoms with Gasteiger partial charge in [-0.3, -0.25) is 9.69 Å². The number of fused-ring (bicyclic) bond motifs is 1. The number of rotatable bonds is 8. The molecule has 7 rings (SSSR count). The van der Waals surface area contributed by atoms with Gasteiger partial charge in [-0.05, 0) is 94.5 Å². The smallest absolute Gasteiger partial charge is 0.416 e. The number of halogens is 4. The van der Waals surface area contributed by atoms with E-state index in [2.05, 4.69) is 15.1 Å². The molecule has 1 N–H and O–H groups in total. The summed E-state index contributed by atoms with van der Waals surface area (Å²) < 4.78 is 47.5. The lowest BCUT2D eigenvalue weighted by molar-refractivity contribution is -0.137. The van der Waals surface area contributed by atoms with Crippen molar-refractivity contribution >= 4 is 28.4 Å². The number of amides is 1. The highest BCUT2D eigenvalue weighted by molar-refractivity contribution is 6.33. The highest BCUT2D eigenvalue weighted by Crippen LogP contribution is 2.46. The molecule has 3 heterocycles. The number of aromatic nitrogens is 1. The number of hydrogen-bond donors (Lipinski definition) is 1. The first kappa shape index (κ1) is 32.9. The average molecular weight is 677 g/mol. The molecule has 2 aliphatic heterocycles. The number of methoxy groups -OCH3 is 1. The van der Waals surface area contributed by atoms with Gasteiger partial charge < -0.3 is 15.0 Å². The van der Waals surface area contributed by atoms with Crippen LogP contribution in [0.1, 0.15) is 72.0 Å². The molecule has 48 heavy (non-hydrogen) atoms. The van der Waals surface area contributed by atoms with Crippen LogP contribution in [0.3, 0.4) is 0 Å². The zero-order valence-corrected chi connectivity index (χ0v) is 27.8. The van der Waals surface area contributed by atoms with E-state index in [1.54, 1.807) is 18.2 Å². The van der Waals surface area contributed by atoms with Crippen LogP contribution in [-0.4, -0.2) is 60.0 Å². The van der Waals surface area contributed by atoms with Crippen molar-refractivity contribution in [2.75, 3.05) is 33.3 Å². The summed E-state index contributed by atoms with van der Waals surface area (Å²) in [6.45, 7) is 4.28. The molecule has 0 spiro atoms. The molecule has 4 aromatic rings. The molecule has 6 nitrogen and oxygen atoms in total. The van der Waals surface area contributed by atoms with E-state index < -0.39 is 17.3 Å². The first-order valence-electron chi connectivity index (χ1n) is 16.9. The van der Waals surface area contributed by atoms with Crippen molar-refractivity contribution in [3.05, 3.63) is 94.0 Å². The van der Waals surface area contributed by atoms with Crippen molar-refractivity contribution in [1.82, 2.24) is 20.1 Å². The Morgan fingerprint density at radius 2 is 1.71 bits per heavy atom. The Morgan fingerprint density at radius 1 is 0.979 bits per heavy atom. The second kappa shape index (κ2) is 13.3. The lowest BCUT2D eigenvalue weighted by Gasteiger charge is -2.40. The zero-order valence-electron chi connectivity index (χ0n) is 27.1. The summed E-state index contributed by atoms with van der Waals surface area (Å²) in [4.78, 5) is 24.6. The van der Waals surface area contributed by atoms with Gasteiger partial charge in [-0.1, -0.05) is 60.5 Å². The van der Waals surface area contributed by atoms with Gasteiger partial charge in [0.25, 0.3) is 5.91 Å². The Hall–Kier alpha value is -3.66. The highest BCUT2D eigenvalue weighted by Gasteiger charge is 2.46. The largest absolute Gasteiger partial charge is 0.495 e. The number of hydrogen-bond acceptors (Lipinski definition) is 5. The molecule has 1 saturated carbocycles. The summed E-state index contributed by atoms with van der Waals surface area (Å²) >= 11 is 6.56. The predicted molar refractivity (Wildman–Crippen MR) is 182 cm³/mol. The molecule has 0 unspecified atom stereocenters. The highest BCUT2D eigenvalue weighted by atomic mass is 35.5. The van der Waals surface area contributed by atoms with Crippen LogP contribution >= 0.6 is 11.6 Å². The standard InChI is InChI=1S/C38H40ClF3N4O2/c1-48-33-22-29-32(23-31(33)39)43-35(25-9-8-12-27(21-25)38(40,41)42)30(24-45-19-13-28(14-20-45)46-17-6-3-7-18-46)34(29)36(47)44-37(15-16-37)26-10-4-2-5-11-26/h2,4-5,8-12,21-23,28H,3,6-7,13-20,24H2,1H3,(H,44,47). The summed E-state index contributed by atoms with van der Waals surface area (Å²) in [5.74, 6) is 0.101. The molecule has 3 fully saturated rings. The second-order valence-corrected chi connectivity index (χ2v) is 13.8. The van der Waals surface area contributed by atoms with Crippen LogP contribution in [0.25, 0.3) is 22.2 Å². The topological polar surface area (TPSA) is 57.7 Å². The van der Waals surface area contributed by atoms with Crippen LogP contribution < -0.4 is 10.1 Å². The van der Waals surface area contributed by atoms with Gasteiger partial charge >= 0.3 is 6.18 Å². The van der Waals surface area contributed by atoms with E-state index in [1.807, 2.05) is 30.3 Å². The molecule has 1 amide bonds. The Bertz CT molecular complexity index is 1800. The molecule has 10 heteroatoms. The second-order valence-electron chi connectivity index (χ2n) is 13.4. The van der Waals surface area contributed by atoms with E-state index >= 15 is 0 Å². The van der Waals surface area contributed by atoms with E-state index in [4.69, 9.17) is 21.3 Å². The molecule has 0 radical (unpaired) electrons. The van der Waals surface area contributed by atoms with Gasteiger partial charge in [0.05, 0.1) is 40.0 Å². The Kier molecular flexibility index (Phi) is 9.13. The maximum absolute atomic E-state index is 14.7. The van der Waals surface area contributed by atoms with Gasteiger partial charge in [-0.2, -0.15) is 13.2 Å². The lowest BCUT2D eigenvalue weighted by Crippen LogP contribution is -2.46. The van der Waals surface area contributed by atoms with Gasteiger partial charge in [0, 0.05) is 29.1 Å². The predicted octanol–water partition coefficient (Wildman–Crippen LogP) is 8.45. The number of benzene rings is 3. The average Bonchev–Trinajstić information content (AvgIpc) is 3.89. The molecule has 3 aromatic carbocycles. The third-order valence-electron chi connectivity index (χ3n) is 10.3. The van der Waals surface area contributed by atoms with Crippen LogP contribution in [0, 0.1) is 0 Å².